The predicted molar refractivity (Wildman–Crippen MR) is 133 cm³/mol. The van der Waals surface area contributed by atoms with Crippen LogP contribution in [0.2, 0.25) is 5.02 Å². The van der Waals surface area contributed by atoms with E-state index in [2.05, 4.69) is 5.32 Å². The van der Waals surface area contributed by atoms with Gasteiger partial charge in [-0.15, -0.1) is 0 Å². The van der Waals surface area contributed by atoms with Gasteiger partial charge in [0.1, 0.15) is 17.5 Å². The number of rotatable bonds is 8. The Hall–Kier alpha value is -3.84. The summed E-state index contributed by atoms with van der Waals surface area (Å²) in [6.07, 6.45) is 0. The van der Waals surface area contributed by atoms with E-state index < -0.39 is 6.04 Å². The van der Waals surface area contributed by atoms with Crippen molar-refractivity contribution >= 4 is 34.9 Å². The molecule has 3 aromatic rings. The second-order valence-electron chi connectivity index (χ2n) is 8.19. The van der Waals surface area contributed by atoms with E-state index >= 15 is 0 Å². The highest BCUT2D eigenvalue weighted by Crippen LogP contribution is 2.35. The lowest BCUT2D eigenvalue weighted by atomic mass is 10.1. The first-order valence-electron chi connectivity index (χ1n) is 11.2. The third kappa shape index (κ3) is 5.46. The molecule has 0 aromatic heterocycles. The molecule has 0 saturated carbocycles. The van der Waals surface area contributed by atoms with Crippen LogP contribution in [0.15, 0.2) is 72.8 Å². The Balaban J connectivity index is 1.51. The van der Waals surface area contributed by atoms with Gasteiger partial charge in [0.25, 0.3) is 5.91 Å². The van der Waals surface area contributed by atoms with Crippen LogP contribution in [0.5, 0.6) is 11.5 Å². The molecule has 35 heavy (non-hydrogen) atoms. The number of hydrogen-bond acceptors (Lipinski definition) is 5. The summed E-state index contributed by atoms with van der Waals surface area (Å²) in [6, 6.07) is 20.1. The van der Waals surface area contributed by atoms with Crippen LogP contribution in [-0.2, 0) is 9.59 Å². The highest BCUT2D eigenvalue weighted by atomic mass is 35.5. The molecule has 7 nitrogen and oxygen atoms in total. The van der Waals surface area contributed by atoms with Crippen molar-refractivity contribution in [3.05, 3.63) is 88.9 Å². The van der Waals surface area contributed by atoms with E-state index in [0.29, 0.717) is 27.8 Å². The Kier molecular flexibility index (Phi) is 7.36. The average molecular weight is 493 g/mol. The number of benzene rings is 3. The zero-order chi connectivity index (χ0) is 24.9. The van der Waals surface area contributed by atoms with Gasteiger partial charge in [0.2, 0.25) is 5.91 Å². The van der Waals surface area contributed by atoms with E-state index in [1.165, 1.54) is 4.90 Å². The minimum absolute atomic E-state index is 0.193. The summed E-state index contributed by atoms with van der Waals surface area (Å²) in [5, 5.41) is 3.36. The summed E-state index contributed by atoms with van der Waals surface area (Å²) in [6.45, 7) is 3.10. The summed E-state index contributed by atoms with van der Waals surface area (Å²) in [4.78, 5) is 40.0. The van der Waals surface area contributed by atoms with Crippen molar-refractivity contribution in [2.24, 2.45) is 0 Å². The summed E-state index contributed by atoms with van der Waals surface area (Å²) in [5.41, 5.74) is 1.64. The molecule has 0 fully saturated rings. The number of anilines is 1. The van der Waals surface area contributed by atoms with Crippen molar-refractivity contribution < 1.29 is 23.9 Å². The number of ketones is 1. The van der Waals surface area contributed by atoms with Gasteiger partial charge in [-0.05, 0) is 49.7 Å². The van der Waals surface area contributed by atoms with Crippen LogP contribution in [-0.4, -0.2) is 36.9 Å². The highest BCUT2D eigenvalue weighted by molar-refractivity contribution is 6.32. The maximum atomic E-state index is 13.0. The first-order chi connectivity index (χ1) is 16.8. The van der Waals surface area contributed by atoms with E-state index in [0.717, 1.165) is 5.56 Å². The minimum Gasteiger partial charge on any atom is -0.484 e. The van der Waals surface area contributed by atoms with Gasteiger partial charge < -0.3 is 14.8 Å². The topological polar surface area (TPSA) is 84.9 Å². The molecular weight excluding hydrogens is 468 g/mol. The number of ether oxygens (including phenoxy) is 2. The van der Waals surface area contributed by atoms with Crippen LogP contribution >= 0.6 is 11.6 Å². The van der Waals surface area contributed by atoms with Crippen LogP contribution in [0.4, 0.5) is 5.69 Å². The average Bonchev–Trinajstić information content (AvgIpc) is 2.87. The van der Waals surface area contributed by atoms with Crippen LogP contribution in [0, 0.1) is 0 Å². The molecule has 1 aliphatic rings. The van der Waals surface area contributed by atoms with Crippen molar-refractivity contribution in [2.45, 2.75) is 25.9 Å². The van der Waals surface area contributed by atoms with E-state index in [4.69, 9.17) is 21.1 Å². The second kappa shape index (κ2) is 10.6. The maximum absolute atomic E-state index is 13.0. The Labute approximate surface area is 208 Å². The third-order valence-electron chi connectivity index (χ3n) is 5.78. The lowest BCUT2D eigenvalue weighted by molar-refractivity contribution is -0.127. The lowest BCUT2D eigenvalue weighted by Crippen LogP contribution is -2.51. The van der Waals surface area contributed by atoms with Crippen molar-refractivity contribution in [3.63, 3.8) is 0 Å². The van der Waals surface area contributed by atoms with E-state index in [9.17, 15) is 14.4 Å². The lowest BCUT2D eigenvalue weighted by Gasteiger charge is -2.34. The van der Waals surface area contributed by atoms with Crippen LogP contribution < -0.4 is 19.7 Å². The molecule has 2 atom stereocenters. The first kappa shape index (κ1) is 24.3. The number of para-hydroxylation sites is 1. The van der Waals surface area contributed by atoms with Crippen LogP contribution in [0.1, 0.15) is 35.8 Å². The second-order valence-corrected chi connectivity index (χ2v) is 8.60. The van der Waals surface area contributed by atoms with Crippen LogP contribution in [0.3, 0.4) is 0 Å². The first-order valence-corrected chi connectivity index (χ1v) is 11.6. The molecule has 0 unspecified atom stereocenters. The fourth-order valence-corrected chi connectivity index (χ4v) is 4.02. The van der Waals surface area contributed by atoms with E-state index in [-0.39, 0.29) is 36.9 Å². The van der Waals surface area contributed by atoms with Gasteiger partial charge in [-0.25, -0.2) is 0 Å². The number of amides is 2. The number of nitrogens with zero attached hydrogens (tertiary/aromatic N) is 1. The Bertz CT molecular complexity index is 1250. The summed E-state index contributed by atoms with van der Waals surface area (Å²) in [7, 11) is 0. The number of nitrogens with one attached hydrogen (secondary N) is 1. The molecule has 1 heterocycles. The molecule has 4 rings (SSSR count). The number of fused-ring (bicyclic) bond motifs is 1. The molecule has 2 amide bonds. The normalized spacial score (nSPS) is 14.4. The molecular formula is C27H25ClN2O5. The molecule has 180 valence electrons. The standard InChI is InChI=1S/C27H25ClN2O5/c1-17(19-8-4-3-5-9-19)29-27(33)18(2)30-22-14-20(12-13-25(22)35-16-26(30)32)23(31)15-34-24-11-7-6-10-21(24)28/h3-14,17-18H,15-16H2,1-2H3,(H,29,33)/t17-,18-/m1/s1. The quantitative estimate of drug-likeness (QED) is 0.465. The molecule has 1 N–H and O–H groups in total. The zero-order valence-electron chi connectivity index (χ0n) is 19.4. The third-order valence-corrected chi connectivity index (χ3v) is 6.09. The van der Waals surface area contributed by atoms with Gasteiger partial charge in [0.15, 0.2) is 19.0 Å². The van der Waals surface area contributed by atoms with E-state index in [1.807, 2.05) is 37.3 Å². The fourth-order valence-electron chi connectivity index (χ4n) is 3.83. The van der Waals surface area contributed by atoms with Gasteiger partial charge in [0, 0.05) is 5.56 Å². The number of halogens is 1. The summed E-state index contributed by atoms with van der Waals surface area (Å²) >= 11 is 6.09. The summed E-state index contributed by atoms with van der Waals surface area (Å²) < 4.78 is 11.1. The van der Waals surface area contributed by atoms with Crippen LogP contribution in [0.25, 0.3) is 0 Å². The Morgan fingerprint density at radius 2 is 1.77 bits per heavy atom. The van der Waals surface area contributed by atoms with Gasteiger partial charge in [0.05, 0.1) is 16.8 Å². The number of hydrogen-bond donors (Lipinski definition) is 1. The van der Waals surface area contributed by atoms with Crippen molar-refractivity contribution in [2.75, 3.05) is 18.1 Å². The van der Waals surface area contributed by atoms with Gasteiger partial charge in [-0.1, -0.05) is 54.1 Å². The van der Waals surface area contributed by atoms with E-state index in [1.54, 1.807) is 49.4 Å². The molecule has 3 aromatic carbocycles. The minimum atomic E-state index is -0.818. The molecule has 0 aliphatic carbocycles. The number of carbonyl (C=O) groups excluding carboxylic acids is 3. The fraction of sp³-hybridized carbons (Fsp3) is 0.222. The number of carbonyl (C=O) groups is 3. The van der Waals surface area contributed by atoms with Gasteiger partial charge >= 0.3 is 0 Å². The largest absolute Gasteiger partial charge is 0.484 e. The molecule has 0 spiro atoms. The van der Waals surface area contributed by atoms with Crippen molar-refractivity contribution in [1.29, 1.82) is 0 Å². The zero-order valence-corrected chi connectivity index (χ0v) is 20.1. The highest BCUT2D eigenvalue weighted by Gasteiger charge is 2.34. The molecule has 1 aliphatic heterocycles. The Morgan fingerprint density at radius 3 is 2.51 bits per heavy atom. The predicted octanol–water partition coefficient (Wildman–Crippen LogP) is 4.59. The Morgan fingerprint density at radius 1 is 1.06 bits per heavy atom. The smallest absolute Gasteiger partial charge is 0.265 e. The van der Waals surface area contributed by atoms with Crippen molar-refractivity contribution in [3.8, 4) is 11.5 Å². The molecule has 0 saturated heterocycles. The maximum Gasteiger partial charge on any atom is 0.265 e. The summed E-state index contributed by atoms with van der Waals surface area (Å²) in [5.74, 6) is -0.173. The molecule has 0 radical (unpaired) electrons. The molecule has 0 bridgehead atoms. The number of Topliss-reactive ketones (excluding diaryl/α,β-unsaturated/α-hetero) is 1. The van der Waals surface area contributed by atoms with Gasteiger partial charge in [-0.2, -0.15) is 0 Å². The SMILES string of the molecule is C[C@H](C(=O)N[C@H](C)c1ccccc1)N1C(=O)COc2ccc(C(=O)COc3ccccc3Cl)cc21. The monoisotopic (exact) mass is 492 g/mol. The van der Waals surface area contributed by atoms with Gasteiger partial charge in [-0.3, -0.25) is 19.3 Å². The van der Waals surface area contributed by atoms with Crippen molar-refractivity contribution in [1.82, 2.24) is 5.32 Å². The molecule has 8 heteroatoms.